The Labute approximate surface area is 124 Å². The maximum Gasteiger partial charge on any atom is 0.254 e. The molecule has 0 spiro atoms. The molecule has 0 aliphatic heterocycles. The number of methoxy groups -OCH3 is 1. The van der Waals surface area contributed by atoms with Crippen molar-refractivity contribution in [2.75, 3.05) is 14.2 Å². The second-order valence-electron chi connectivity index (χ2n) is 4.75. The van der Waals surface area contributed by atoms with Crippen LogP contribution in [0.15, 0.2) is 42.6 Å². The van der Waals surface area contributed by atoms with Gasteiger partial charge in [-0.05, 0) is 29.8 Å². The Kier molecular flexibility index (Phi) is 4.90. The van der Waals surface area contributed by atoms with Crippen LogP contribution in [0.25, 0.3) is 0 Å². The number of rotatable bonds is 5. The highest BCUT2D eigenvalue weighted by Crippen LogP contribution is 2.14. The molecule has 5 nitrogen and oxygen atoms in total. The van der Waals surface area contributed by atoms with Gasteiger partial charge in [-0.1, -0.05) is 12.1 Å². The van der Waals surface area contributed by atoms with Crippen LogP contribution < -0.4 is 10.5 Å². The summed E-state index contributed by atoms with van der Waals surface area (Å²) in [5.41, 5.74) is 7.89. The third-order valence-corrected chi connectivity index (χ3v) is 3.20. The van der Waals surface area contributed by atoms with Crippen molar-refractivity contribution in [2.24, 2.45) is 5.73 Å². The highest BCUT2D eigenvalue weighted by Gasteiger charge is 2.12. The fourth-order valence-electron chi connectivity index (χ4n) is 2.02. The van der Waals surface area contributed by atoms with Crippen molar-refractivity contribution < 1.29 is 9.53 Å². The molecule has 0 aliphatic carbocycles. The molecule has 0 aliphatic rings. The van der Waals surface area contributed by atoms with Crippen LogP contribution in [0.5, 0.6) is 5.75 Å². The predicted molar refractivity (Wildman–Crippen MR) is 80.9 cm³/mol. The maximum atomic E-state index is 12.4. The minimum absolute atomic E-state index is 0.0529. The summed E-state index contributed by atoms with van der Waals surface area (Å²) < 4.78 is 5.12. The van der Waals surface area contributed by atoms with Gasteiger partial charge in [0, 0.05) is 31.9 Å². The van der Waals surface area contributed by atoms with Gasteiger partial charge in [0.25, 0.3) is 5.91 Å². The SMILES string of the molecule is COc1ccc(CN(C)C(=O)c2ccnc(CN)c2)cc1. The number of pyridine rings is 1. The summed E-state index contributed by atoms with van der Waals surface area (Å²) in [6, 6.07) is 11.1. The Morgan fingerprint density at radius 2 is 2.00 bits per heavy atom. The number of nitrogens with two attached hydrogens (primary N) is 1. The van der Waals surface area contributed by atoms with Crippen molar-refractivity contribution in [2.45, 2.75) is 13.1 Å². The third kappa shape index (κ3) is 3.79. The minimum Gasteiger partial charge on any atom is -0.497 e. The Balaban J connectivity index is 2.07. The van der Waals surface area contributed by atoms with E-state index in [1.165, 1.54) is 0 Å². The lowest BCUT2D eigenvalue weighted by molar-refractivity contribution is 0.0785. The molecule has 2 N–H and O–H groups in total. The highest BCUT2D eigenvalue weighted by molar-refractivity contribution is 5.94. The number of nitrogens with zero attached hydrogens (tertiary/aromatic N) is 2. The lowest BCUT2D eigenvalue weighted by atomic mass is 10.1. The van der Waals surface area contributed by atoms with Crippen LogP contribution in [-0.4, -0.2) is 29.9 Å². The number of ether oxygens (including phenoxy) is 1. The number of benzene rings is 1. The standard InChI is InChI=1S/C16H19N3O2/c1-19(11-12-3-5-15(21-2)6-4-12)16(20)13-7-8-18-14(9-13)10-17/h3-9H,10-11,17H2,1-2H3. The van der Waals surface area contributed by atoms with Gasteiger partial charge in [0.2, 0.25) is 0 Å². The van der Waals surface area contributed by atoms with Crippen molar-refractivity contribution in [1.29, 1.82) is 0 Å². The number of amides is 1. The van der Waals surface area contributed by atoms with Crippen molar-refractivity contribution in [3.63, 3.8) is 0 Å². The third-order valence-electron chi connectivity index (χ3n) is 3.20. The Morgan fingerprint density at radius 3 is 2.62 bits per heavy atom. The summed E-state index contributed by atoms with van der Waals surface area (Å²) in [6.45, 7) is 0.854. The van der Waals surface area contributed by atoms with Crippen LogP contribution in [-0.2, 0) is 13.1 Å². The second kappa shape index (κ2) is 6.85. The van der Waals surface area contributed by atoms with Crippen molar-refractivity contribution in [3.8, 4) is 5.75 Å². The Bertz CT molecular complexity index is 611. The summed E-state index contributed by atoms with van der Waals surface area (Å²) in [4.78, 5) is 18.1. The molecule has 0 saturated heterocycles. The van der Waals surface area contributed by atoms with Gasteiger partial charge in [-0.25, -0.2) is 0 Å². The van der Waals surface area contributed by atoms with Gasteiger partial charge in [0.05, 0.1) is 12.8 Å². The molecule has 2 rings (SSSR count). The predicted octanol–water partition coefficient (Wildman–Crippen LogP) is 1.82. The largest absolute Gasteiger partial charge is 0.497 e. The van der Waals surface area contributed by atoms with E-state index in [1.54, 1.807) is 37.4 Å². The first-order valence-corrected chi connectivity index (χ1v) is 6.67. The first-order chi connectivity index (χ1) is 10.1. The van der Waals surface area contributed by atoms with E-state index in [2.05, 4.69) is 4.98 Å². The Hall–Kier alpha value is -2.40. The van der Waals surface area contributed by atoms with Crippen molar-refractivity contribution in [1.82, 2.24) is 9.88 Å². The highest BCUT2D eigenvalue weighted by atomic mass is 16.5. The van der Waals surface area contributed by atoms with Crippen LogP contribution in [0.3, 0.4) is 0 Å². The quantitative estimate of drug-likeness (QED) is 0.910. The van der Waals surface area contributed by atoms with Crippen molar-refractivity contribution >= 4 is 5.91 Å². The summed E-state index contributed by atoms with van der Waals surface area (Å²) in [5.74, 6) is 0.748. The van der Waals surface area contributed by atoms with E-state index in [1.807, 2.05) is 24.3 Å². The fraction of sp³-hybridized carbons (Fsp3) is 0.250. The molecule has 21 heavy (non-hydrogen) atoms. The molecule has 1 aromatic heterocycles. The van der Waals surface area contributed by atoms with Crippen LogP contribution in [0.1, 0.15) is 21.6 Å². The number of carbonyl (C=O) groups excluding carboxylic acids is 1. The molecule has 110 valence electrons. The van der Waals surface area contributed by atoms with E-state index in [9.17, 15) is 4.79 Å². The molecule has 0 radical (unpaired) electrons. The number of aromatic nitrogens is 1. The fourth-order valence-corrected chi connectivity index (χ4v) is 2.02. The normalized spacial score (nSPS) is 10.2. The molecule has 0 unspecified atom stereocenters. The van der Waals surface area contributed by atoms with Crippen LogP contribution in [0, 0.1) is 0 Å². The molecule has 1 amide bonds. The summed E-state index contributed by atoms with van der Waals surface area (Å²) >= 11 is 0. The molecule has 5 heteroatoms. The number of hydrogen-bond donors (Lipinski definition) is 1. The maximum absolute atomic E-state index is 12.4. The number of hydrogen-bond acceptors (Lipinski definition) is 4. The average molecular weight is 285 g/mol. The molecule has 0 saturated carbocycles. The van der Waals surface area contributed by atoms with Crippen molar-refractivity contribution in [3.05, 3.63) is 59.4 Å². The summed E-state index contributed by atoms with van der Waals surface area (Å²) in [7, 11) is 3.40. The van der Waals surface area contributed by atoms with Gasteiger partial charge in [-0.3, -0.25) is 9.78 Å². The molecular formula is C16H19N3O2. The van der Waals surface area contributed by atoms with Gasteiger partial charge in [0.1, 0.15) is 5.75 Å². The molecule has 0 bridgehead atoms. The Morgan fingerprint density at radius 1 is 1.29 bits per heavy atom. The van der Waals surface area contributed by atoms with E-state index in [-0.39, 0.29) is 5.91 Å². The molecule has 2 aromatic rings. The molecule has 0 atom stereocenters. The number of carbonyl (C=O) groups is 1. The second-order valence-corrected chi connectivity index (χ2v) is 4.75. The van der Waals surface area contributed by atoms with E-state index in [0.717, 1.165) is 11.3 Å². The molecule has 1 heterocycles. The first kappa shape index (κ1) is 15.0. The topological polar surface area (TPSA) is 68.5 Å². The van der Waals surface area contributed by atoms with E-state index < -0.39 is 0 Å². The van der Waals surface area contributed by atoms with E-state index in [0.29, 0.717) is 24.3 Å². The first-order valence-electron chi connectivity index (χ1n) is 6.67. The lowest BCUT2D eigenvalue weighted by Gasteiger charge is -2.17. The van der Waals surface area contributed by atoms with E-state index >= 15 is 0 Å². The summed E-state index contributed by atoms with van der Waals surface area (Å²) in [6.07, 6.45) is 1.61. The monoisotopic (exact) mass is 285 g/mol. The zero-order chi connectivity index (χ0) is 15.2. The van der Waals surface area contributed by atoms with Gasteiger partial charge < -0.3 is 15.4 Å². The van der Waals surface area contributed by atoms with Gasteiger partial charge >= 0.3 is 0 Å². The van der Waals surface area contributed by atoms with Crippen LogP contribution in [0.4, 0.5) is 0 Å². The lowest BCUT2D eigenvalue weighted by Crippen LogP contribution is -2.26. The van der Waals surface area contributed by atoms with Gasteiger partial charge in [-0.2, -0.15) is 0 Å². The van der Waals surface area contributed by atoms with E-state index in [4.69, 9.17) is 10.5 Å². The zero-order valence-electron chi connectivity index (χ0n) is 12.2. The molecule has 0 fully saturated rings. The average Bonchev–Trinajstić information content (AvgIpc) is 2.54. The summed E-state index contributed by atoms with van der Waals surface area (Å²) in [5, 5.41) is 0. The van der Waals surface area contributed by atoms with Gasteiger partial charge in [-0.15, -0.1) is 0 Å². The molecular weight excluding hydrogens is 266 g/mol. The zero-order valence-corrected chi connectivity index (χ0v) is 12.2. The van der Waals surface area contributed by atoms with Crippen LogP contribution in [0.2, 0.25) is 0 Å². The minimum atomic E-state index is -0.0529. The smallest absolute Gasteiger partial charge is 0.254 e. The van der Waals surface area contributed by atoms with Crippen LogP contribution >= 0.6 is 0 Å². The molecule has 1 aromatic carbocycles. The van der Waals surface area contributed by atoms with Gasteiger partial charge in [0.15, 0.2) is 0 Å².